The molecular weight excluding hydrogens is 399 g/mol. The van der Waals surface area contributed by atoms with Crippen molar-refractivity contribution < 1.29 is 9.59 Å². The van der Waals surface area contributed by atoms with Crippen LogP contribution in [0.15, 0.2) is 24.3 Å². The molecule has 8 heteroatoms. The molecule has 1 atom stereocenters. The standard InChI is InChI=1S/C20H30N4O2.2ClH/c25-19(8-3-16-9-10-21-15-16)23-18-6-4-17(5-7-18)20(26)22-11-14-24-12-1-2-13-24;;/h4-7,16,21H,1-3,8-15H2,(H,22,26)(H,23,25);2*1H. The molecule has 2 heterocycles. The van der Waals surface area contributed by atoms with Crippen molar-refractivity contribution in [2.45, 2.75) is 32.1 Å². The Balaban J connectivity index is 0.00000196. The molecule has 158 valence electrons. The number of anilines is 1. The van der Waals surface area contributed by atoms with Crippen molar-refractivity contribution in [3.05, 3.63) is 29.8 Å². The van der Waals surface area contributed by atoms with Gasteiger partial charge in [-0.15, -0.1) is 24.8 Å². The Bertz CT molecular complexity index is 601. The Kier molecular flexibility index (Phi) is 11.5. The summed E-state index contributed by atoms with van der Waals surface area (Å²) in [7, 11) is 0. The number of benzene rings is 1. The van der Waals surface area contributed by atoms with E-state index in [1.165, 1.54) is 12.8 Å². The Morgan fingerprint density at radius 2 is 1.82 bits per heavy atom. The molecule has 2 saturated heterocycles. The average Bonchev–Trinajstić information content (AvgIpc) is 3.34. The average molecular weight is 431 g/mol. The number of halogens is 2. The van der Waals surface area contributed by atoms with Crippen molar-refractivity contribution >= 4 is 42.3 Å². The molecule has 0 aromatic heterocycles. The molecule has 1 unspecified atom stereocenters. The number of amides is 2. The van der Waals surface area contributed by atoms with Crippen molar-refractivity contribution in [1.29, 1.82) is 0 Å². The maximum atomic E-state index is 12.2. The lowest BCUT2D eigenvalue weighted by atomic mass is 10.0. The smallest absolute Gasteiger partial charge is 0.251 e. The number of carbonyl (C=O) groups excluding carboxylic acids is 2. The number of hydrogen-bond acceptors (Lipinski definition) is 4. The molecule has 2 aliphatic heterocycles. The van der Waals surface area contributed by atoms with Gasteiger partial charge in [0.25, 0.3) is 5.91 Å². The molecule has 0 aliphatic carbocycles. The van der Waals surface area contributed by atoms with Crippen molar-refractivity contribution in [2.24, 2.45) is 5.92 Å². The molecule has 1 aromatic rings. The Labute approximate surface area is 180 Å². The summed E-state index contributed by atoms with van der Waals surface area (Å²) in [4.78, 5) is 26.6. The van der Waals surface area contributed by atoms with Gasteiger partial charge < -0.3 is 20.9 Å². The van der Waals surface area contributed by atoms with Crippen molar-refractivity contribution in [3.8, 4) is 0 Å². The SMILES string of the molecule is Cl.Cl.O=C(CCC1CCNC1)Nc1ccc(C(=O)NCCN2CCCC2)cc1. The van der Waals surface area contributed by atoms with E-state index < -0.39 is 0 Å². The molecule has 2 aliphatic rings. The third-order valence-electron chi connectivity index (χ3n) is 5.29. The van der Waals surface area contributed by atoms with Gasteiger partial charge in [0.1, 0.15) is 0 Å². The van der Waals surface area contributed by atoms with Gasteiger partial charge in [-0.1, -0.05) is 0 Å². The maximum Gasteiger partial charge on any atom is 0.251 e. The van der Waals surface area contributed by atoms with Crippen LogP contribution in [0.3, 0.4) is 0 Å². The van der Waals surface area contributed by atoms with Gasteiger partial charge in [0.2, 0.25) is 5.91 Å². The quantitative estimate of drug-likeness (QED) is 0.592. The molecule has 2 amide bonds. The topological polar surface area (TPSA) is 73.5 Å². The number of carbonyl (C=O) groups is 2. The van der Waals surface area contributed by atoms with Gasteiger partial charge in [-0.2, -0.15) is 0 Å². The van der Waals surface area contributed by atoms with E-state index in [0.717, 1.165) is 51.3 Å². The summed E-state index contributed by atoms with van der Waals surface area (Å²) in [5.74, 6) is 0.600. The predicted molar refractivity (Wildman–Crippen MR) is 118 cm³/mol. The first-order valence-corrected chi connectivity index (χ1v) is 9.82. The van der Waals surface area contributed by atoms with E-state index in [0.29, 0.717) is 24.4 Å². The third-order valence-corrected chi connectivity index (χ3v) is 5.29. The molecule has 0 bridgehead atoms. The van der Waals surface area contributed by atoms with Crippen LogP contribution in [0.1, 0.15) is 42.5 Å². The molecular formula is C20H32Cl2N4O2. The van der Waals surface area contributed by atoms with Crippen LogP contribution in [0.4, 0.5) is 5.69 Å². The van der Waals surface area contributed by atoms with Gasteiger partial charge in [0.05, 0.1) is 0 Å². The van der Waals surface area contributed by atoms with Crippen LogP contribution in [0.2, 0.25) is 0 Å². The highest BCUT2D eigenvalue weighted by atomic mass is 35.5. The largest absolute Gasteiger partial charge is 0.351 e. The van der Waals surface area contributed by atoms with Gasteiger partial charge >= 0.3 is 0 Å². The first kappa shape index (κ1) is 24.7. The van der Waals surface area contributed by atoms with Crippen LogP contribution >= 0.6 is 24.8 Å². The molecule has 6 nitrogen and oxygen atoms in total. The molecule has 0 radical (unpaired) electrons. The van der Waals surface area contributed by atoms with Crippen molar-refractivity contribution in [2.75, 3.05) is 44.6 Å². The Hall–Kier alpha value is -1.34. The van der Waals surface area contributed by atoms with E-state index in [2.05, 4.69) is 20.9 Å². The van der Waals surface area contributed by atoms with Crippen LogP contribution < -0.4 is 16.0 Å². The summed E-state index contributed by atoms with van der Waals surface area (Å²) in [5.41, 5.74) is 1.37. The fraction of sp³-hybridized carbons (Fsp3) is 0.600. The highest BCUT2D eigenvalue weighted by Gasteiger charge is 2.16. The van der Waals surface area contributed by atoms with Crippen LogP contribution in [0.5, 0.6) is 0 Å². The van der Waals surface area contributed by atoms with E-state index in [-0.39, 0.29) is 36.6 Å². The zero-order valence-corrected chi connectivity index (χ0v) is 17.9. The summed E-state index contributed by atoms with van der Waals surface area (Å²) >= 11 is 0. The van der Waals surface area contributed by atoms with E-state index in [4.69, 9.17) is 0 Å². The van der Waals surface area contributed by atoms with Crippen LogP contribution in [0, 0.1) is 5.92 Å². The van der Waals surface area contributed by atoms with E-state index >= 15 is 0 Å². The van der Waals surface area contributed by atoms with E-state index in [9.17, 15) is 9.59 Å². The van der Waals surface area contributed by atoms with Gasteiger partial charge in [-0.3, -0.25) is 9.59 Å². The lowest BCUT2D eigenvalue weighted by molar-refractivity contribution is -0.116. The summed E-state index contributed by atoms with van der Waals surface area (Å²) in [6.07, 6.45) is 5.16. The van der Waals surface area contributed by atoms with Gasteiger partial charge in [-0.05, 0) is 82.0 Å². The van der Waals surface area contributed by atoms with Gasteiger partial charge in [0, 0.05) is 30.8 Å². The minimum atomic E-state index is -0.0594. The molecule has 0 saturated carbocycles. The van der Waals surface area contributed by atoms with Gasteiger partial charge in [0.15, 0.2) is 0 Å². The number of nitrogens with zero attached hydrogens (tertiary/aromatic N) is 1. The van der Waals surface area contributed by atoms with Crippen molar-refractivity contribution in [3.63, 3.8) is 0 Å². The number of rotatable bonds is 8. The van der Waals surface area contributed by atoms with Crippen LogP contribution in [-0.2, 0) is 4.79 Å². The molecule has 3 rings (SSSR count). The molecule has 0 spiro atoms. The second-order valence-electron chi connectivity index (χ2n) is 7.33. The fourth-order valence-electron chi connectivity index (χ4n) is 3.66. The Morgan fingerprint density at radius 3 is 2.46 bits per heavy atom. The second-order valence-corrected chi connectivity index (χ2v) is 7.33. The van der Waals surface area contributed by atoms with Gasteiger partial charge in [-0.25, -0.2) is 0 Å². The fourth-order valence-corrected chi connectivity index (χ4v) is 3.66. The summed E-state index contributed by atoms with van der Waals surface area (Å²) in [6, 6.07) is 7.12. The number of likely N-dealkylation sites (tertiary alicyclic amines) is 1. The molecule has 1 aromatic carbocycles. The summed E-state index contributed by atoms with van der Waals surface area (Å²) in [6.45, 7) is 5.95. The second kappa shape index (κ2) is 13.0. The molecule has 2 fully saturated rings. The lowest BCUT2D eigenvalue weighted by Gasteiger charge is -2.14. The first-order valence-electron chi connectivity index (χ1n) is 9.82. The zero-order chi connectivity index (χ0) is 18.2. The lowest BCUT2D eigenvalue weighted by Crippen LogP contribution is -2.33. The van der Waals surface area contributed by atoms with Crippen LogP contribution in [0.25, 0.3) is 0 Å². The minimum absolute atomic E-state index is 0. The van der Waals surface area contributed by atoms with E-state index in [1.807, 2.05) is 0 Å². The minimum Gasteiger partial charge on any atom is -0.351 e. The highest BCUT2D eigenvalue weighted by molar-refractivity contribution is 5.95. The summed E-state index contributed by atoms with van der Waals surface area (Å²) in [5, 5.41) is 9.20. The highest BCUT2D eigenvalue weighted by Crippen LogP contribution is 2.16. The monoisotopic (exact) mass is 430 g/mol. The van der Waals surface area contributed by atoms with Crippen LogP contribution in [-0.4, -0.2) is 56.0 Å². The zero-order valence-electron chi connectivity index (χ0n) is 16.2. The first-order chi connectivity index (χ1) is 12.7. The predicted octanol–water partition coefficient (Wildman–Crippen LogP) is 2.68. The molecule has 3 N–H and O–H groups in total. The summed E-state index contributed by atoms with van der Waals surface area (Å²) < 4.78 is 0. The van der Waals surface area contributed by atoms with E-state index in [1.54, 1.807) is 24.3 Å². The number of nitrogens with one attached hydrogen (secondary N) is 3. The molecule has 28 heavy (non-hydrogen) atoms. The third kappa shape index (κ3) is 7.95. The van der Waals surface area contributed by atoms with Crippen molar-refractivity contribution in [1.82, 2.24) is 15.5 Å². The normalized spacial score (nSPS) is 18.8. The number of hydrogen-bond donors (Lipinski definition) is 3. The Morgan fingerprint density at radius 1 is 1.11 bits per heavy atom. The maximum absolute atomic E-state index is 12.2.